The summed E-state index contributed by atoms with van der Waals surface area (Å²) >= 11 is 14.8. The summed E-state index contributed by atoms with van der Waals surface area (Å²) in [6, 6.07) is 20.7. The van der Waals surface area contributed by atoms with E-state index in [9.17, 15) is 24.5 Å². The number of carbonyl (C=O) groups is 3. The summed E-state index contributed by atoms with van der Waals surface area (Å²) in [5, 5.41) is 13.5. The van der Waals surface area contributed by atoms with E-state index in [4.69, 9.17) is 23.2 Å². The van der Waals surface area contributed by atoms with E-state index in [1.807, 2.05) is 48.5 Å². The molecule has 0 saturated carbocycles. The molecule has 3 aromatic rings. The van der Waals surface area contributed by atoms with Gasteiger partial charge in [-0.05, 0) is 47.2 Å². The number of hydrogen-bond acceptors (Lipinski definition) is 5. The van der Waals surface area contributed by atoms with Crippen molar-refractivity contribution in [1.82, 2.24) is 4.90 Å². The maximum Gasteiger partial charge on any atom is 0.269 e. The number of carbonyl (C=O) groups excluding carboxylic acids is 3. The standard InChI is InChI=1S/C30H25Cl2N3O5/c31-29-20-8-3-4-9-21(20)30(32,23-11-6-5-10-22(23)29)26-25(29)27(37)34(28(26)38)17-7-1-2-12-24(36)33-18-13-15-19(16-14-18)35(39)40/h3-6,8-11,13-16,25-26H,1-2,7,12,17H2,(H,33,36)/t25-,26+,29?,30?. The largest absolute Gasteiger partial charge is 0.326 e. The van der Waals surface area contributed by atoms with Crippen LogP contribution in [0.25, 0.3) is 0 Å². The molecule has 1 N–H and O–H groups in total. The van der Waals surface area contributed by atoms with Crippen molar-refractivity contribution in [2.75, 3.05) is 11.9 Å². The number of amides is 3. The number of alkyl halides is 2. The SMILES string of the molecule is O=C(CCCCCN1C(=O)[C@@H]2[C@H](C1=O)C1(Cl)c3ccccc3C2(Cl)c2ccccc21)Nc1ccc([N+](=O)[O-])cc1. The first kappa shape index (κ1) is 26.5. The average Bonchev–Trinajstić information content (AvgIpc) is 3.22. The summed E-state index contributed by atoms with van der Waals surface area (Å²) in [6.07, 6.45) is 1.95. The normalized spacial score (nSPS) is 25.8. The first-order valence-electron chi connectivity index (χ1n) is 13.2. The lowest BCUT2D eigenvalue weighted by Crippen LogP contribution is -2.57. The van der Waals surface area contributed by atoms with Crippen molar-refractivity contribution < 1.29 is 19.3 Å². The summed E-state index contributed by atoms with van der Waals surface area (Å²) in [5.41, 5.74) is 3.52. The Bertz CT molecular complexity index is 1440. The second kappa shape index (κ2) is 9.71. The number of non-ortho nitro benzene ring substituents is 1. The second-order valence-corrected chi connectivity index (χ2v) is 11.7. The fourth-order valence-corrected chi connectivity index (χ4v) is 7.67. The molecule has 0 unspecified atom stereocenters. The molecule has 0 aromatic heterocycles. The molecule has 1 heterocycles. The number of rotatable bonds is 8. The minimum absolute atomic E-state index is 0.0511. The van der Waals surface area contributed by atoms with Crippen LogP contribution in [-0.4, -0.2) is 34.1 Å². The van der Waals surface area contributed by atoms with E-state index in [0.717, 1.165) is 22.3 Å². The maximum atomic E-state index is 13.8. The van der Waals surface area contributed by atoms with Gasteiger partial charge in [0.15, 0.2) is 0 Å². The molecule has 204 valence electrons. The molecule has 3 aliphatic carbocycles. The predicted molar refractivity (Wildman–Crippen MR) is 150 cm³/mol. The van der Waals surface area contributed by atoms with E-state index in [1.165, 1.54) is 29.2 Å². The van der Waals surface area contributed by atoms with Crippen LogP contribution in [0.4, 0.5) is 11.4 Å². The van der Waals surface area contributed by atoms with Gasteiger partial charge in [0, 0.05) is 30.8 Å². The number of imide groups is 1. The average molecular weight is 578 g/mol. The Kier molecular flexibility index (Phi) is 6.43. The number of nitro groups is 1. The number of unbranched alkanes of at least 4 members (excludes halogenated alkanes) is 2. The van der Waals surface area contributed by atoms with Gasteiger partial charge in [-0.3, -0.25) is 29.4 Å². The molecule has 10 heteroatoms. The zero-order valence-corrected chi connectivity index (χ0v) is 22.8. The minimum Gasteiger partial charge on any atom is -0.326 e. The molecule has 4 aliphatic rings. The van der Waals surface area contributed by atoms with Crippen LogP contribution in [-0.2, 0) is 24.1 Å². The highest BCUT2D eigenvalue weighted by molar-refractivity contribution is 6.36. The van der Waals surface area contributed by atoms with Crippen molar-refractivity contribution in [3.05, 3.63) is 105 Å². The van der Waals surface area contributed by atoms with Gasteiger partial charge in [0.2, 0.25) is 17.7 Å². The van der Waals surface area contributed by atoms with E-state index in [2.05, 4.69) is 5.32 Å². The first-order chi connectivity index (χ1) is 19.2. The summed E-state index contributed by atoms with van der Waals surface area (Å²) < 4.78 is 0. The van der Waals surface area contributed by atoms with Crippen molar-refractivity contribution in [3.8, 4) is 0 Å². The van der Waals surface area contributed by atoms with Crippen LogP contribution in [0, 0.1) is 22.0 Å². The number of nitro benzene ring substituents is 1. The molecule has 40 heavy (non-hydrogen) atoms. The molecule has 0 radical (unpaired) electrons. The van der Waals surface area contributed by atoms with E-state index in [1.54, 1.807) is 0 Å². The minimum atomic E-state index is -1.19. The highest BCUT2D eigenvalue weighted by Gasteiger charge is 2.72. The molecule has 1 saturated heterocycles. The Morgan fingerprint density at radius 1 is 0.800 bits per heavy atom. The highest BCUT2D eigenvalue weighted by atomic mass is 35.5. The van der Waals surface area contributed by atoms with Gasteiger partial charge in [-0.2, -0.15) is 0 Å². The predicted octanol–water partition coefficient (Wildman–Crippen LogP) is 5.69. The zero-order valence-electron chi connectivity index (χ0n) is 21.3. The fraction of sp³-hybridized carbons (Fsp3) is 0.300. The topological polar surface area (TPSA) is 110 Å². The summed E-state index contributed by atoms with van der Waals surface area (Å²) in [6.45, 7) is 0.223. The van der Waals surface area contributed by atoms with Crippen molar-refractivity contribution in [2.24, 2.45) is 11.8 Å². The number of nitrogens with one attached hydrogen (secondary N) is 1. The van der Waals surface area contributed by atoms with Crippen molar-refractivity contribution in [2.45, 2.75) is 35.4 Å². The van der Waals surface area contributed by atoms with Gasteiger partial charge < -0.3 is 5.32 Å². The Hall–Kier alpha value is -3.75. The molecule has 3 aromatic carbocycles. The van der Waals surface area contributed by atoms with Crippen LogP contribution < -0.4 is 5.32 Å². The van der Waals surface area contributed by atoms with Crippen LogP contribution in [0.1, 0.15) is 47.9 Å². The molecular weight excluding hydrogens is 553 g/mol. The van der Waals surface area contributed by atoms with Crippen molar-refractivity contribution >= 4 is 52.3 Å². The molecule has 3 amide bonds. The van der Waals surface area contributed by atoms with Gasteiger partial charge in [-0.25, -0.2) is 0 Å². The van der Waals surface area contributed by atoms with Crippen LogP contribution in [0.5, 0.6) is 0 Å². The van der Waals surface area contributed by atoms with E-state index >= 15 is 0 Å². The third-order valence-corrected chi connectivity index (χ3v) is 9.61. The Morgan fingerprint density at radius 3 is 1.73 bits per heavy atom. The lowest BCUT2D eigenvalue weighted by Gasteiger charge is -2.54. The van der Waals surface area contributed by atoms with Crippen LogP contribution in [0.3, 0.4) is 0 Å². The van der Waals surface area contributed by atoms with Crippen molar-refractivity contribution in [3.63, 3.8) is 0 Å². The lowest BCUT2D eigenvalue weighted by molar-refractivity contribution is -0.384. The number of benzene rings is 3. The Labute approximate surface area is 240 Å². The molecule has 1 aliphatic heterocycles. The summed E-state index contributed by atoms with van der Waals surface area (Å²) in [4.78, 5) is 49.1. The maximum absolute atomic E-state index is 13.8. The van der Waals surface area contributed by atoms with E-state index in [0.29, 0.717) is 24.9 Å². The van der Waals surface area contributed by atoms with Gasteiger partial charge in [-0.1, -0.05) is 55.0 Å². The molecule has 0 spiro atoms. The van der Waals surface area contributed by atoms with Gasteiger partial charge in [0.05, 0.1) is 16.8 Å². The van der Waals surface area contributed by atoms with Gasteiger partial charge in [0.25, 0.3) is 5.69 Å². The molecular formula is C30H25Cl2N3O5. The zero-order chi connectivity index (χ0) is 28.2. The van der Waals surface area contributed by atoms with Crippen LogP contribution in [0.15, 0.2) is 72.8 Å². The van der Waals surface area contributed by atoms with Crippen molar-refractivity contribution in [1.29, 1.82) is 0 Å². The highest BCUT2D eigenvalue weighted by Crippen LogP contribution is 2.69. The van der Waals surface area contributed by atoms with Crippen LogP contribution in [0.2, 0.25) is 0 Å². The summed E-state index contributed by atoms with van der Waals surface area (Å²) in [5.74, 6) is -2.45. The Morgan fingerprint density at radius 2 is 1.27 bits per heavy atom. The smallest absolute Gasteiger partial charge is 0.269 e. The third kappa shape index (κ3) is 3.77. The number of halogens is 2. The third-order valence-electron chi connectivity index (χ3n) is 8.32. The second-order valence-electron chi connectivity index (χ2n) is 10.5. The van der Waals surface area contributed by atoms with Gasteiger partial charge in [-0.15, -0.1) is 23.2 Å². The first-order valence-corrected chi connectivity index (χ1v) is 13.9. The number of likely N-dealkylation sites (tertiary alicyclic amines) is 1. The lowest BCUT2D eigenvalue weighted by atomic mass is 9.54. The molecule has 2 bridgehead atoms. The summed E-state index contributed by atoms with van der Waals surface area (Å²) in [7, 11) is 0. The number of nitrogens with zero attached hydrogens (tertiary/aromatic N) is 2. The van der Waals surface area contributed by atoms with Gasteiger partial charge in [0.1, 0.15) is 9.75 Å². The molecule has 1 fully saturated rings. The molecule has 8 nitrogen and oxygen atoms in total. The molecule has 2 atom stereocenters. The fourth-order valence-electron chi connectivity index (χ4n) is 6.57. The van der Waals surface area contributed by atoms with E-state index < -0.39 is 26.5 Å². The van der Waals surface area contributed by atoms with Crippen LogP contribution >= 0.6 is 23.2 Å². The van der Waals surface area contributed by atoms with E-state index in [-0.39, 0.29) is 36.4 Å². The quantitative estimate of drug-likeness (QED) is 0.122. The monoisotopic (exact) mass is 577 g/mol. The molecule has 7 rings (SSSR count). The number of anilines is 1. The Balaban J connectivity index is 1.12. The number of hydrogen-bond donors (Lipinski definition) is 1. The van der Waals surface area contributed by atoms with Gasteiger partial charge >= 0.3 is 0 Å².